The van der Waals surface area contributed by atoms with E-state index in [9.17, 15) is 9.59 Å². The van der Waals surface area contributed by atoms with Gasteiger partial charge in [-0.1, -0.05) is 0 Å². The minimum Gasteiger partial charge on any atom is -0.466 e. The average molecular weight is 216 g/mol. The van der Waals surface area contributed by atoms with Crippen molar-refractivity contribution in [2.45, 2.75) is 33.6 Å². The Hall–Kier alpha value is -1.52. The van der Waals surface area contributed by atoms with E-state index in [0.29, 0.717) is 6.61 Å². The lowest BCUT2D eigenvalue weighted by atomic mass is 10.3. The molecule has 0 N–H and O–H groups in total. The molecule has 0 atom stereocenters. The Labute approximate surface area is 88.9 Å². The van der Waals surface area contributed by atoms with Gasteiger partial charge in [-0.25, -0.2) is 4.79 Å². The van der Waals surface area contributed by atoms with Crippen LogP contribution in [0.5, 0.6) is 0 Å². The highest BCUT2D eigenvalue weighted by Crippen LogP contribution is 1.98. The van der Waals surface area contributed by atoms with Crippen LogP contribution in [0.25, 0.3) is 0 Å². The third-order valence-electron chi connectivity index (χ3n) is 1.26. The van der Waals surface area contributed by atoms with E-state index in [1.54, 1.807) is 20.8 Å². The van der Waals surface area contributed by atoms with Crippen molar-refractivity contribution in [3.63, 3.8) is 0 Å². The first-order valence-corrected chi connectivity index (χ1v) is 4.71. The molecule has 0 aromatic rings. The molecule has 0 radical (unpaired) electrons. The monoisotopic (exact) mass is 216 g/mol. The fourth-order valence-corrected chi connectivity index (χ4v) is 0.653. The summed E-state index contributed by atoms with van der Waals surface area (Å²) in [7, 11) is 0. The molecule has 0 saturated carbocycles. The van der Waals surface area contributed by atoms with E-state index in [1.807, 2.05) is 0 Å². The summed E-state index contributed by atoms with van der Waals surface area (Å²) in [5.74, 6) is -1.02. The van der Waals surface area contributed by atoms with E-state index >= 15 is 0 Å². The maximum absolute atomic E-state index is 10.9. The lowest BCUT2D eigenvalue weighted by Gasteiger charge is -2.01. The van der Waals surface area contributed by atoms with Crippen LogP contribution >= 0.6 is 0 Å². The predicted molar refractivity (Wildman–Crippen MR) is 52.5 cm³/mol. The van der Waals surface area contributed by atoms with Crippen molar-refractivity contribution in [2.24, 2.45) is 0 Å². The fourth-order valence-electron chi connectivity index (χ4n) is 0.653. The van der Waals surface area contributed by atoms with Gasteiger partial charge in [-0.3, -0.25) is 14.6 Å². The van der Waals surface area contributed by atoms with Crippen LogP contribution in [0.3, 0.4) is 0 Å². The first kappa shape index (κ1) is 13.5. The third kappa shape index (κ3) is 8.80. The zero-order valence-electron chi connectivity index (χ0n) is 9.24. The SMILES string of the molecule is CCOC(=O)CCC(=O)OOC=C(C)C. The highest BCUT2D eigenvalue weighted by molar-refractivity contribution is 5.77. The molecule has 0 spiro atoms. The number of hydrogen-bond acceptors (Lipinski definition) is 5. The molecule has 0 aliphatic rings. The molecule has 15 heavy (non-hydrogen) atoms. The molecule has 5 heteroatoms. The van der Waals surface area contributed by atoms with Crippen molar-refractivity contribution in [2.75, 3.05) is 6.61 Å². The van der Waals surface area contributed by atoms with Gasteiger partial charge in [0.15, 0.2) is 0 Å². The van der Waals surface area contributed by atoms with Crippen LogP contribution in [0.2, 0.25) is 0 Å². The summed E-state index contributed by atoms with van der Waals surface area (Å²) in [4.78, 5) is 30.6. The zero-order chi connectivity index (χ0) is 11.7. The second-order valence-electron chi connectivity index (χ2n) is 3.05. The lowest BCUT2D eigenvalue weighted by molar-refractivity contribution is -0.239. The minimum absolute atomic E-state index is 0.00482. The van der Waals surface area contributed by atoms with Gasteiger partial charge in [0, 0.05) is 0 Å². The van der Waals surface area contributed by atoms with E-state index in [0.717, 1.165) is 5.57 Å². The number of hydrogen-bond donors (Lipinski definition) is 0. The molecule has 0 fully saturated rings. The van der Waals surface area contributed by atoms with Crippen molar-refractivity contribution < 1.29 is 24.1 Å². The quantitative estimate of drug-likeness (QED) is 0.293. The summed E-state index contributed by atoms with van der Waals surface area (Å²) < 4.78 is 4.64. The van der Waals surface area contributed by atoms with Gasteiger partial charge >= 0.3 is 11.9 Å². The minimum atomic E-state index is -0.597. The molecule has 0 aromatic heterocycles. The second-order valence-corrected chi connectivity index (χ2v) is 3.05. The molecule has 0 aromatic carbocycles. The van der Waals surface area contributed by atoms with Crippen molar-refractivity contribution in [1.82, 2.24) is 0 Å². The Morgan fingerprint density at radius 2 is 1.73 bits per heavy atom. The van der Waals surface area contributed by atoms with E-state index in [1.165, 1.54) is 6.26 Å². The van der Waals surface area contributed by atoms with Crippen molar-refractivity contribution in [3.8, 4) is 0 Å². The molecule has 0 heterocycles. The van der Waals surface area contributed by atoms with E-state index in [-0.39, 0.29) is 12.8 Å². The summed E-state index contributed by atoms with van der Waals surface area (Å²) in [5.41, 5.74) is 0.869. The molecular formula is C10H16O5. The Morgan fingerprint density at radius 3 is 2.27 bits per heavy atom. The van der Waals surface area contributed by atoms with E-state index in [4.69, 9.17) is 0 Å². The molecule has 0 aliphatic carbocycles. The molecule has 0 saturated heterocycles. The highest BCUT2D eigenvalue weighted by atomic mass is 17.2. The standard InChI is InChI=1S/C10H16O5/c1-4-13-9(11)5-6-10(12)15-14-7-8(2)3/h7H,4-6H2,1-3H3. The Morgan fingerprint density at radius 1 is 1.13 bits per heavy atom. The largest absolute Gasteiger partial charge is 0.466 e. The smallest absolute Gasteiger partial charge is 0.355 e. The number of esters is 1. The average Bonchev–Trinajstić information content (AvgIpc) is 2.14. The summed E-state index contributed by atoms with van der Waals surface area (Å²) in [5, 5.41) is 0. The zero-order valence-corrected chi connectivity index (χ0v) is 9.24. The third-order valence-corrected chi connectivity index (χ3v) is 1.26. The van der Waals surface area contributed by atoms with Crippen LogP contribution in [0.15, 0.2) is 11.8 Å². The number of carbonyl (C=O) groups excluding carboxylic acids is 2. The summed E-state index contributed by atoms with van der Waals surface area (Å²) in [6.07, 6.45) is 1.27. The Kier molecular flexibility index (Phi) is 7.05. The van der Waals surface area contributed by atoms with Crippen molar-refractivity contribution in [3.05, 3.63) is 11.8 Å². The van der Waals surface area contributed by atoms with Gasteiger partial charge in [0.1, 0.15) is 6.26 Å². The lowest BCUT2D eigenvalue weighted by Crippen LogP contribution is -2.09. The number of rotatable bonds is 6. The maximum atomic E-state index is 10.9. The molecule has 0 amide bonds. The van der Waals surface area contributed by atoms with Gasteiger partial charge in [0.05, 0.1) is 19.4 Å². The van der Waals surface area contributed by atoms with Crippen LogP contribution in [0.4, 0.5) is 0 Å². The molecular weight excluding hydrogens is 200 g/mol. The van der Waals surface area contributed by atoms with Gasteiger partial charge in [-0.15, -0.1) is 0 Å². The van der Waals surface area contributed by atoms with Crippen LogP contribution < -0.4 is 0 Å². The number of carbonyl (C=O) groups is 2. The van der Waals surface area contributed by atoms with Crippen molar-refractivity contribution in [1.29, 1.82) is 0 Å². The molecule has 5 nitrogen and oxygen atoms in total. The van der Waals surface area contributed by atoms with Crippen LogP contribution in [0.1, 0.15) is 33.6 Å². The maximum Gasteiger partial charge on any atom is 0.355 e. The topological polar surface area (TPSA) is 61.8 Å². The van der Waals surface area contributed by atoms with Gasteiger partial charge in [-0.2, -0.15) is 0 Å². The summed E-state index contributed by atoms with van der Waals surface area (Å²) in [6.45, 7) is 5.61. The first-order chi connectivity index (χ1) is 7.06. The van der Waals surface area contributed by atoms with E-state index < -0.39 is 11.9 Å². The molecule has 0 unspecified atom stereocenters. The van der Waals surface area contributed by atoms with E-state index in [2.05, 4.69) is 14.5 Å². The molecule has 86 valence electrons. The predicted octanol–water partition coefficient (Wildman–Crippen LogP) is 1.73. The molecule has 0 aliphatic heterocycles. The molecule has 0 rings (SSSR count). The summed E-state index contributed by atoms with van der Waals surface area (Å²) >= 11 is 0. The molecule has 0 bridgehead atoms. The number of allylic oxidation sites excluding steroid dienone is 1. The van der Waals surface area contributed by atoms with Gasteiger partial charge in [0.25, 0.3) is 0 Å². The second kappa shape index (κ2) is 7.84. The van der Waals surface area contributed by atoms with Gasteiger partial charge < -0.3 is 4.74 Å². The van der Waals surface area contributed by atoms with Crippen LogP contribution in [0, 0.1) is 0 Å². The van der Waals surface area contributed by atoms with Crippen LogP contribution in [-0.2, 0) is 24.1 Å². The number of ether oxygens (including phenoxy) is 1. The first-order valence-electron chi connectivity index (χ1n) is 4.71. The van der Waals surface area contributed by atoms with Gasteiger partial charge in [0.2, 0.25) is 0 Å². The normalized spacial score (nSPS) is 9.00. The van der Waals surface area contributed by atoms with Crippen molar-refractivity contribution >= 4 is 11.9 Å². The fraction of sp³-hybridized carbons (Fsp3) is 0.600. The van der Waals surface area contributed by atoms with Crippen LogP contribution in [-0.4, -0.2) is 18.5 Å². The van der Waals surface area contributed by atoms with Gasteiger partial charge in [-0.05, 0) is 26.3 Å². The Bertz CT molecular complexity index is 240. The highest BCUT2D eigenvalue weighted by Gasteiger charge is 2.09. The Balaban J connectivity index is 3.58. The summed E-state index contributed by atoms with van der Waals surface area (Å²) in [6, 6.07) is 0.